The van der Waals surface area contributed by atoms with Gasteiger partial charge in [0.2, 0.25) is 0 Å². The Hall–Kier alpha value is -2.56. The second-order valence-corrected chi connectivity index (χ2v) is 6.42. The molecule has 25 heavy (non-hydrogen) atoms. The lowest BCUT2D eigenvalue weighted by Gasteiger charge is -2.11. The number of aromatic nitrogens is 1. The quantitative estimate of drug-likeness (QED) is 0.508. The molecule has 0 bridgehead atoms. The second-order valence-electron chi connectivity index (χ2n) is 5.98. The van der Waals surface area contributed by atoms with Gasteiger partial charge in [0.25, 0.3) is 0 Å². The summed E-state index contributed by atoms with van der Waals surface area (Å²) in [5.74, 6) is 0.709. The number of hydrogen-bond donors (Lipinski definition) is 1. The highest BCUT2D eigenvalue weighted by Gasteiger charge is 2.13. The molecule has 0 fully saturated rings. The summed E-state index contributed by atoms with van der Waals surface area (Å²) in [5, 5.41) is 9.40. The van der Waals surface area contributed by atoms with Crippen LogP contribution in [0, 0.1) is 0 Å². The van der Waals surface area contributed by atoms with Crippen molar-refractivity contribution in [3.63, 3.8) is 0 Å². The summed E-state index contributed by atoms with van der Waals surface area (Å²) >= 11 is 6.03. The summed E-state index contributed by atoms with van der Waals surface area (Å²) < 4.78 is 11.0. The molecule has 2 aromatic carbocycles. The lowest BCUT2D eigenvalue weighted by molar-refractivity contribution is 0.417. The first-order chi connectivity index (χ1) is 12.2. The van der Waals surface area contributed by atoms with Crippen LogP contribution in [-0.4, -0.2) is 5.16 Å². The second kappa shape index (κ2) is 6.75. The van der Waals surface area contributed by atoms with E-state index in [-0.39, 0.29) is 6.04 Å². The number of hydrogen-bond acceptors (Lipinski definition) is 4. The van der Waals surface area contributed by atoms with Crippen LogP contribution >= 0.6 is 11.6 Å². The molecular weight excluding hydrogens is 336 g/mol. The van der Waals surface area contributed by atoms with Gasteiger partial charge in [-0.05, 0) is 25.1 Å². The number of benzene rings is 2. The summed E-state index contributed by atoms with van der Waals surface area (Å²) in [6.07, 6.45) is 1.81. The van der Waals surface area contributed by atoms with Gasteiger partial charge in [0.15, 0.2) is 5.76 Å². The maximum absolute atomic E-state index is 6.03. The number of rotatable bonds is 5. The Bertz CT molecular complexity index is 1010. The van der Waals surface area contributed by atoms with E-state index in [1.165, 1.54) is 0 Å². The third kappa shape index (κ3) is 3.31. The fraction of sp³-hybridized carbons (Fsp3) is 0.150. The molecule has 4 nitrogen and oxygen atoms in total. The SMILES string of the molecule is CC(NCc1cc(-c2cccc(Cl)c2)on1)c1coc2ccccc12. The van der Waals surface area contributed by atoms with Gasteiger partial charge in [-0.3, -0.25) is 0 Å². The average Bonchev–Trinajstić information content (AvgIpc) is 3.27. The van der Waals surface area contributed by atoms with E-state index in [4.69, 9.17) is 20.5 Å². The smallest absolute Gasteiger partial charge is 0.167 e. The molecule has 1 atom stereocenters. The summed E-state index contributed by atoms with van der Waals surface area (Å²) in [6.45, 7) is 2.71. The Labute approximate surface area is 150 Å². The Morgan fingerprint density at radius 2 is 2.00 bits per heavy atom. The fourth-order valence-corrected chi connectivity index (χ4v) is 3.06. The first kappa shape index (κ1) is 15.9. The fourth-order valence-electron chi connectivity index (χ4n) is 2.87. The van der Waals surface area contributed by atoms with Gasteiger partial charge in [0.05, 0.1) is 12.0 Å². The lowest BCUT2D eigenvalue weighted by atomic mass is 10.1. The van der Waals surface area contributed by atoms with Crippen LogP contribution in [0.5, 0.6) is 0 Å². The van der Waals surface area contributed by atoms with Gasteiger partial charge in [-0.1, -0.05) is 47.1 Å². The Morgan fingerprint density at radius 1 is 1.12 bits per heavy atom. The molecule has 2 heterocycles. The lowest BCUT2D eigenvalue weighted by Crippen LogP contribution is -2.17. The van der Waals surface area contributed by atoms with Crippen LogP contribution in [0.4, 0.5) is 0 Å². The number of halogens is 1. The largest absolute Gasteiger partial charge is 0.464 e. The van der Waals surface area contributed by atoms with Crippen molar-refractivity contribution < 1.29 is 8.94 Å². The van der Waals surface area contributed by atoms with Crippen LogP contribution in [0.1, 0.15) is 24.2 Å². The molecule has 5 heteroatoms. The number of furan rings is 1. The van der Waals surface area contributed by atoms with Crippen molar-refractivity contribution >= 4 is 22.6 Å². The molecular formula is C20H17ClN2O2. The molecule has 4 rings (SSSR count). The summed E-state index contributed by atoms with van der Waals surface area (Å²) in [7, 11) is 0. The number of fused-ring (bicyclic) bond motifs is 1. The molecule has 0 saturated heterocycles. The van der Waals surface area contributed by atoms with Crippen LogP contribution in [0.25, 0.3) is 22.3 Å². The van der Waals surface area contributed by atoms with Crippen LogP contribution in [-0.2, 0) is 6.54 Å². The van der Waals surface area contributed by atoms with E-state index >= 15 is 0 Å². The van der Waals surface area contributed by atoms with Crippen molar-refractivity contribution in [2.24, 2.45) is 0 Å². The number of nitrogens with one attached hydrogen (secondary N) is 1. The van der Waals surface area contributed by atoms with Gasteiger partial charge < -0.3 is 14.3 Å². The predicted octanol–water partition coefficient (Wildman–Crippen LogP) is 5.59. The van der Waals surface area contributed by atoms with E-state index in [1.54, 1.807) is 0 Å². The summed E-state index contributed by atoms with van der Waals surface area (Å²) in [4.78, 5) is 0. The first-order valence-corrected chi connectivity index (χ1v) is 8.49. The minimum Gasteiger partial charge on any atom is -0.464 e. The zero-order chi connectivity index (χ0) is 17.2. The molecule has 0 radical (unpaired) electrons. The van der Waals surface area contributed by atoms with Crippen LogP contribution in [0.2, 0.25) is 5.02 Å². The summed E-state index contributed by atoms with van der Waals surface area (Å²) in [6, 6.07) is 17.6. The van der Waals surface area contributed by atoms with Crippen molar-refractivity contribution in [1.29, 1.82) is 0 Å². The van der Waals surface area contributed by atoms with Gasteiger partial charge in [0, 0.05) is 40.2 Å². The standard InChI is InChI=1S/C20H17ClN2O2/c1-13(18-12-24-19-8-3-2-7-17(18)19)22-11-16-10-20(25-23-16)14-5-4-6-15(21)9-14/h2-10,12-13,22H,11H2,1H3. The third-order valence-electron chi connectivity index (χ3n) is 4.23. The number of para-hydroxylation sites is 1. The highest BCUT2D eigenvalue weighted by Crippen LogP contribution is 2.27. The third-order valence-corrected chi connectivity index (χ3v) is 4.47. The molecule has 0 amide bonds. The van der Waals surface area contributed by atoms with Gasteiger partial charge in [0.1, 0.15) is 5.58 Å². The molecule has 4 aromatic rings. The van der Waals surface area contributed by atoms with Crippen molar-refractivity contribution in [3.8, 4) is 11.3 Å². The molecule has 0 aliphatic heterocycles. The van der Waals surface area contributed by atoms with E-state index in [2.05, 4.69) is 23.5 Å². The van der Waals surface area contributed by atoms with Crippen molar-refractivity contribution in [2.45, 2.75) is 19.5 Å². The van der Waals surface area contributed by atoms with Crippen molar-refractivity contribution in [3.05, 3.63) is 77.1 Å². The molecule has 126 valence electrons. The van der Waals surface area contributed by atoms with E-state index < -0.39 is 0 Å². The summed E-state index contributed by atoms with van der Waals surface area (Å²) in [5.41, 5.74) is 3.79. The molecule has 0 aliphatic rings. The monoisotopic (exact) mass is 352 g/mol. The van der Waals surface area contributed by atoms with Crippen LogP contribution < -0.4 is 5.32 Å². The van der Waals surface area contributed by atoms with Crippen LogP contribution in [0.3, 0.4) is 0 Å². The highest BCUT2D eigenvalue weighted by molar-refractivity contribution is 6.30. The van der Waals surface area contributed by atoms with Gasteiger partial charge in [-0.2, -0.15) is 0 Å². The van der Waals surface area contributed by atoms with E-state index in [0.717, 1.165) is 27.8 Å². The maximum atomic E-state index is 6.03. The zero-order valence-corrected chi connectivity index (χ0v) is 14.5. The molecule has 0 saturated carbocycles. The van der Waals surface area contributed by atoms with Gasteiger partial charge in [-0.25, -0.2) is 0 Å². The predicted molar refractivity (Wildman–Crippen MR) is 98.4 cm³/mol. The molecule has 0 spiro atoms. The molecule has 0 aliphatic carbocycles. The van der Waals surface area contributed by atoms with E-state index in [1.807, 2.05) is 54.8 Å². The zero-order valence-electron chi connectivity index (χ0n) is 13.7. The van der Waals surface area contributed by atoms with Crippen LogP contribution in [0.15, 0.2) is 69.8 Å². The van der Waals surface area contributed by atoms with Gasteiger partial charge >= 0.3 is 0 Å². The molecule has 1 N–H and O–H groups in total. The van der Waals surface area contributed by atoms with E-state index in [9.17, 15) is 0 Å². The minimum atomic E-state index is 0.134. The average molecular weight is 353 g/mol. The Morgan fingerprint density at radius 3 is 2.88 bits per heavy atom. The normalized spacial score (nSPS) is 12.6. The Balaban J connectivity index is 1.46. The maximum Gasteiger partial charge on any atom is 0.167 e. The Kier molecular flexibility index (Phi) is 4.30. The van der Waals surface area contributed by atoms with Crippen molar-refractivity contribution in [1.82, 2.24) is 10.5 Å². The van der Waals surface area contributed by atoms with Crippen molar-refractivity contribution in [2.75, 3.05) is 0 Å². The minimum absolute atomic E-state index is 0.134. The number of nitrogens with zero attached hydrogens (tertiary/aromatic N) is 1. The highest BCUT2D eigenvalue weighted by atomic mass is 35.5. The first-order valence-electron chi connectivity index (χ1n) is 8.12. The van der Waals surface area contributed by atoms with Gasteiger partial charge in [-0.15, -0.1) is 0 Å². The molecule has 1 unspecified atom stereocenters. The topological polar surface area (TPSA) is 51.2 Å². The van der Waals surface area contributed by atoms with E-state index in [0.29, 0.717) is 17.3 Å². The molecule has 2 aromatic heterocycles.